The number of esters is 1. The molecule has 0 unspecified atom stereocenters. The molecular formula is C18H16N2O4. The van der Waals surface area contributed by atoms with Gasteiger partial charge in [0.15, 0.2) is 6.61 Å². The van der Waals surface area contributed by atoms with Gasteiger partial charge in [0.2, 0.25) is 0 Å². The summed E-state index contributed by atoms with van der Waals surface area (Å²) in [4.78, 5) is 28.1. The van der Waals surface area contributed by atoms with Gasteiger partial charge >= 0.3 is 5.97 Å². The third-order valence-electron chi connectivity index (χ3n) is 3.34. The summed E-state index contributed by atoms with van der Waals surface area (Å²) in [6, 6.07) is 14.0. The molecule has 0 bridgehead atoms. The lowest BCUT2D eigenvalue weighted by Crippen LogP contribution is -2.18. The second-order valence-electron chi connectivity index (χ2n) is 5.28. The molecule has 0 amide bonds. The van der Waals surface area contributed by atoms with Crippen molar-refractivity contribution in [3.05, 3.63) is 76.3 Å². The SMILES string of the molecule is Cc1ccc2nc(COC(=O)COc3ccccc3)cc(=O)n2c1. The van der Waals surface area contributed by atoms with Crippen molar-refractivity contribution in [3.63, 3.8) is 0 Å². The predicted octanol–water partition coefficient (Wildman–Crippen LogP) is 2.13. The lowest BCUT2D eigenvalue weighted by Gasteiger charge is -2.07. The summed E-state index contributed by atoms with van der Waals surface area (Å²) in [5, 5.41) is 0. The number of hydrogen-bond acceptors (Lipinski definition) is 5. The Morgan fingerprint density at radius 1 is 1.17 bits per heavy atom. The molecular weight excluding hydrogens is 308 g/mol. The molecule has 0 aliphatic rings. The first-order valence-electron chi connectivity index (χ1n) is 7.44. The van der Waals surface area contributed by atoms with E-state index in [1.807, 2.05) is 31.2 Å². The van der Waals surface area contributed by atoms with Crippen LogP contribution in [0.25, 0.3) is 5.65 Å². The highest BCUT2D eigenvalue weighted by Gasteiger charge is 2.08. The molecule has 2 heterocycles. The Balaban J connectivity index is 1.62. The van der Waals surface area contributed by atoms with Gasteiger partial charge in [0.05, 0.1) is 5.69 Å². The fraction of sp³-hybridized carbons (Fsp3) is 0.167. The predicted molar refractivity (Wildman–Crippen MR) is 87.9 cm³/mol. The van der Waals surface area contributed by atoms with Crippen LogP contribution in [0.4, 0.5) is 0 Å². The van der Waals surface area contributed by atoms with Crippen LogP contribution in [0.15, 0.2) is 59.5 Å². The minimum Gasteiger partial charge on any atom is -0.482 e. The number of carbonyl (C=O) groups is 1. The molecule has 0 atom stereocenters. The van der Waals surface area contributed by atoms with Crippen molar-refractivity contribution in [2.24, 2.45) is 0 Å². The lowest BCUT2D eigenvalue weighted by atomic mass is 10.3. The third-order valence-corrected chi connectivity index (χ3v) is 3.34. The highest BCUT2D eigenvalue weighted by molar-refractivity contribution is 5.71. The number of hydrogen-bond donors (Lipinski definition) is 0. The second kappa shape index (κ2) is 6.95. The van der Waals surface area contributed by atoms with E-state index in [4.69, 9.17) is 9.47 Å². The smallest absolute Gasteiger partial charge is 0.344 e. The molecule has 2 aromatic heterocycles. The standard InChI is InChI=1S/C18H16N2O4/c1-13-7-8-16-19-14(9-17(21)20(16)10-13)11-24-18(22)12-23-15-5-3-2-4-6-15/h2-10H,11-12H2,1H3. The molecule has 0 fully saturated rings. The van der Waals surface area contributed by atoms with Crippen molar-refractivity contribution in [3.8, 4) is 5.75 Å². The van der Waals surface area contributed by atoms with Gasteiger partial charge in [0.25, 0.3) is 5.56 Å². The third kappa shape index (κ3) is 3.78. The summed E-state index contributed by atoms with van der Waals surface area (Å²) in [6.07, 6.45) is 1.72. The maximum atomic E-state index is 12.1. The van der Waals surface area contributed by atoms with Crippen LogP contribution in [0.5, 0.6) is 5.75 Å². The average Bonchev–Trinajstić information content (AvgIpc) is 2.60. The number of carbonyl (C=O) groups excluding carboxylic acids is 1. The summed E-state index contributed by atoms with van der Waals surface area (Å²) in [5.74, 6) is 0.0663. The van der Waals surface area contributed by atoms with Crippen molar-refractivity contribution < 1.29 is 14.3 Å². The van der Waals surface area contributed by atoms with Gasteiger partial charge in [-0.15, -0.1) is 0 Å². The molecule has 0 N–H and O–H groups in total. The molecule has 122 valence electrons. The van der Waals surface area contributed by atoms with Gasteiger partial charge in [-0.25, -0.2) is 9.78 Å². The van der Waals surface area contributed by atoms with E-state index in [-0.39, 0.29) is 18.8 Å². The van der Waals surface area contributed by atoms with Crippen molar-refractivity contribution in [2.45, 2.75) is 13.5 Å². The van der Waals surface area contributed by atoms with E-state index < -0.39 is 5.97 Å². The van der Waals surface area contributed by atoms with E-state index in [9.17, 15) is 9.59 Å². The number of fused-ring (bicyclic) bond motifs is 1. The normalized spacial score (nSPS) is 10.5. The zero-order chi connectivity index (χ0) is 16.9. The van der Waals surface area contributed by atoms with E-state index in [1.165, 1.54) is 10.5 Å². The molecule has 3 aromatic rings. The molecule has 1 aromatic carbocycles. The molecule has 0 saturated heterocycles. The van der Waals surface area contributed by atoms with Gasteiger partial charge in [-0.3, -0.25) is 9.20 Å². The van der Waals surface area contributed by atoms with Crippen LogP contribution in [-0.2, 0) is 16.1 Å². The van der Waals surface area contributed by atoms with Crippen LogP contribution >= 0.6 is 0 Å². The van der Waals surface area contributed by atoms with Crippen molar-refractivity contribution >= 4 is 11.6 Å². The highest BCUT2D eigenvalue weighted by Crippen LogP contribution is 2.08. The summed E-state index contributed by atoms with van der Waals surface area (Å²) in [7, 11) is 0. The van der Waals surface area contributed by atoms with Crippen LogP contribution in [0, 0.1) is 6.92 Å². The Morgan fingerprint density at radius 2 is 1.96 bits per heavy atom. The Kier molecular flexibility index (Phi) is 4.56. The van der Waals surface area contributed by atoms with Gasteiger partial charge in [-0.05, 0) is 30.7 Å². The Bertz CT molecular complexity index is 919. The van der Waals surface area contributed by atoms with Gasteiger partial charge < -0.3 is 9.47 Å². The zero-order valence-corrected chi connectivity index (χ0v) is 13.1. The number of rotatable bonds is 5. The molecule has 6 heteroatoms. The monoisotopic (exact) mass is 324 g/mol. The van der Waals surface area contributed by atoms with E-state index >= 15 is 0 Å². The highest BCUT2D eigenvalue weighted by atomic mass is 16.6. The van der Waals surface area contributed by atoms with E-state index in [2.05, 4.69) is 4.98 Å². The van der Waals surface area contributed by atoms with E-state index in [0.717, 1.165) is 5.56 Å². The maximum absolute atomic E-state index is 12.1. The summed E-state index contributed by atoms with van der Waals surface area (Å²) >= 11 is 0. The average molecular weight is 324 g/mol. The Morgan fingerprint density at radius 3 is 2.75 bits per heavy atom. The second-order valence-corrected chi connectivity index (χ2v) is 5.28. The summed E-state index contributed by atoms with van der Waals surface area (Å²) in [6.45, 7) is 1.63. The number of pyridine rings is 1. The van der Waals surface area contributed by atoms with Gasteiger partial charge in [0.1, 0.15) is 18.0 Å². The quantitative estimate of drug-likeness (QED) is 0.672. The maximum Gasteiger partial charge on any atom is 0.344 e. The first-order valence-corrected chi connectivity index (χ1v) is 7.44. The molecule has 0 spiro atoms. The van der Waals surface area contributed by atoms with Crippen molar-refractivity contribution in [1.82, 2.24) is 9.38 Å². The van der Waals surface area contributed by atoms with Crippen molar-refractivity contribution in [2.75, 3.05) is 6.61 Å². The van der Waals surface area contributed by atoms with Gasteiger partial charge in [0, 0.05) is 12.3 Å². The minimum atomic E-state index is -0.523. The van der Waals surface area contributed by atoms with Crippen LogP contribution in [-0.4, -0.2) is 22.0 Å². The fourth-order valence-corrected chi connectivity index (χ4v) is 2.19. The summed E-state index contributed by atoms with van der Waals surface area (Å²) in [5.41, 5.74) is 1.66. The number of ether oxygens (including phenoxy) is 2. The van der Waals surface area contributed by atoms with Gasteiger partial charge in [-0.2, -0.15) is 0 Å². The zero-order valence-electron chi connectivity index (χ0n) is 13.1. The molecule has 0 aliphatic heterocycles. The molecule has 3 rings (SSSR count). The minimum absolute atomic E-state index is 0.0728. The van der Waals surface area contributed by atoms with E-state index in [1.54, 1.807) is 24.4 Å². The Hall–Kier alpha value is -3.15. The van der Waals surface area contributed by atoms with Gasteiger partial charge in [-0.1, -0.05) is 24.3 Å². The topological polar surface area (TPSA) is 69.9 Å². The molecule has 24 heavy (non-hydrogen) atoms. The van der Waals surface area contributed by atoms with Crippen molar-refractivity contribution in [1.29, 1.82) is 0 Å². The Labute approximate surface area is 138 Å². The van der Waals surface area contributed by atoms with Crippen LogP contribution < -0.4 is 10.3 Å². The number of nitrogens with zero attached hydrogens (tertiary/aromatic N) is 2. The number of benzene rings is 1. The molecule has 0 aliphatic carbocycles. The largest absolute Gasteiger partial charge is 0.482 e. The van der Waals surface area contributed by atoms with Crippen LogP contribution in [0.3, 0.4) is 0 Å². The molecule has 6 nitrogen and oxygen atoms in total. The van der Waals surface area contributed by atoms with Crippen LogP contribution in [0.1, 0.15) is 11.3 Å². The van der Waals surface area contributed by atoms with Crippen LogP contribution in [0.2, 0.25) is 0 Å². The summed E-state index contributed by atoms with van der Waals surface area (Å²) < 4.78 is 11.9. The lowest BCUT2D eigenvalue weighted by molar-refractivity contribution is -0.147. The first-order chi connectivity index (χ1) is 11.6. The van der Waals surface area contributed by atoms with E-state index in [0.29, 0.717) is 17.1 Å². The number of para-hydroxylation sites is 1. The molecule has 0 saturated carbocycles. The first kappa shape index (κ1) is 15.7. The number of aryl methyl sites for hydroxylation is 1. The molecule has 0 radical (unpaired) electrons. The number of aromatic nitrogens is 2. The fourth-order valence-electron chi connectivity index (χ4n) is 2.19.